The van der Waals surface area contributed by atoms with Crippen LogP contribution in [0.3, 0.4) is 0 Å². The summed E-state index contributed by atoms with van der Waals surface area (Å²) in [5.74, 6) is 0. The molecule has 0 unspecified atom stereocenters. The van der Waals surface area contributed by atoms with Gasteiger partial charge in [0.05, 0.1) is 9.92 Å². The monoisotopic (exact) mass is 448 g/mol. The molecular weight excluding hydrogens is 432 g/mol. The lowest BCUT2D eigenvalue weighted by atomic mass is 10.3. The van der Waals surface area contributed by atoms with Crippen molar-refractivity contribution < 1.29 is 21.6 Å². The van der Waals surface area contributed by atoms with Crippen LogP contribution in [0.25, 0.3) is 0 Å². The van der Waals surface area contributed by atoms with Gasteiger partial charge in [-0.1, -0.05) is 11.6 Å². The van der Waals surface area contributed by atoms with E-state index in [1.165, 1.54) is 29.2 Å². The van der Waals surface area contributed by atoms with Gasteiger partial charge in [-0.3, -0.25) is 9.52 Å². The number of carbonyl (C=O) groups is 1. The Labute approximate surface area is 167 Å². The highest BCUT2D eigenvalue weighted by atomic mass is 35.5. The minimum Gasteiger partial charge on any atom is -0.339 e. The van der Waals surface area contributed by atoms with Gasteiger partial charge in [-0.05, 0) is 54.2 Å². The number of benzene rings is 2. The van der Waals surface area contributed by atoms with E-state index in [4.69, 9.17) is 11.6 Å². The van der Waals surface area contributed by atoms with Crippen molar-refractivity contribution in [3.63, 3.8) is 0 Å². The van der Waals surface area contributed by atoms with Crippen molar-refractivity contribution in [2.75, 3.05) is 25.1 Å². The van der Waals surface area contributed by atoms with Crippen LogP contribution in [-0.2, 0) is 19.9 Å². The Hall–Kier alpha value is -1.75. The number of anilines is 1. The number of carbonyl (C=O) groups excluding carboxylic acids is 1. The van der Waals surface area contributed by atoms with E-state index in [2.05, 4.69) is 4.72 Å². The summed E-state index contributed by atoms with van der Waals surface area (Å²) >= 11 is 6.95. The van der Waals surface area contributed by atoms with Crippen LogP contribution in [-0.4, -0.2) is 47.3 Å². The maximum Gasteiger partial charge on any atom is 0.285 e. The zero-order chi connectivity index (χ0) is 20.4. The van der Waals surface area contributed by atoms with Gasteiger partial charge in [0.1, 0.15) is 4.90 Å². The number of amides is 1. The topological polar surface area (TPSA) is 101 Å². The van der Waals surface area contributed by atoms with E-state index in [1.807, 2.05) is 0 Å². The Balaban J connectivity index is 2.28. The standard InChI is InChI=1S/C16H17ClN2O5S3/c1-19(2)16(20)25-12-6-4-11(5-7-12)18-27(23,24)15-10-13(26(3,21)22)8-9-14(15)17/h4-10,18H,1-3H3. The van der Waals surface area contributed by atoms with Gasteiger partial charge in [0.15, 0.2) is 9.84 Å². The Morgan fingerprint density at radius 1 is 1.04 bits per heavy atom. The molecule has 2 rings (SSSR count). The van der Waals surface area contributed by atoms with Crippen molar-refractivity contribution in [3.8, 4) is 0 Å². The van der Waals surface area contributed by atoms with Gasteiger partial charge < -0.3 is 4.90 Å². The van der Waals surface area contributed by atoms with Crippen molar-refractivity contribution in [3.05, 3.63) is 47.5 Å². The zero-order valence-electron chi connectivity index (χ0n) is 14.6. The lowest BCUT2D eigenvalue weighted by molar-refractivity contribution is 0.241. The molecule has 0 aliphatic carbocycles. The lowest BCUT2D eigenvalue weighted by Crippen LogP contribution is -2.16. The average molecular weight is 449 g/mol. The van der Waals surface area contributed by atoms with E-state index in [9.17, 15) is 21.6 Å². The normalized spacial score (nSPS) is 11.9. The summed E-state index contributed by atoms with van der Waals surface area (Å²) in [4.78, 5) is 13.3. The second kappa shape index (κ2) is 8.09. The van der Waals surface area contributed by atoms with Crippen molar-refractivity contribution in [2.45, 2.75) is 14.7 Å². The molecule has 0 saturated heterocycles. The SMILES string of the molecule is CN(C)C(=O)Sc1ccc(NS(=O)(=O)c2cc(S(C)(=O)=O)ccc2Cl)cc1. The molecular formula is C16H17ClN2O5S3. The summed E-state index contributed by atoms with van der Waals surface area (Å²) in [6.07, 6.45) is 0.978. The summed E-state index contributed by atoms with van der Waals surface area (Å²) in [5.41, 5.74) is 0.248. The number of sulfonamides is 1. The van der Waals surface area contributed by atoms with Crippen LogP contribution in [0, 0.1) is 0 Å². The summed E-state index contributed by atoms with van der Waals surface area (Å²) in [7, 11) is -4.43. The maximum atomic E-state index is 12.6. The molecule has 0 fully saturated rings. The van der Waals surface area contributed by atoms with E-state index in [0.717, 1.165) is 24.1 Å². The van der Waals surface area contributed by atoms with Crippen LogP contribution in [0.2, 0.25) is 5.02 Å². The van der Waals surface area contributed by atoms with Gasteiger partial charge in [0, 0.05) is 30.9 Å². The zero-order valence-corrected chi connectivity index (χ0v) is 17.8. The Morgan fingerprint density at radius 2 is 1.63 bits per heavy atom. The number of hydrogen-bond acceptors (Lipinski definition) is 6. The van der Waals surface area contributed by atoms with Crippen LogP contribution in [0.15, 0.2) is 57.2 Å². The fourth-order valence-electron chi connectivity index (χ4n) is 1.91. The highest BCUT2D eigenvalue weighted by Gasteiger charge is 2.21. The molecule has 0 aliphatic rings. The molecule has 2 aromatic carbocycles. The minimum absolute atomic E-state index is 0.0985. The molecule has 0 aromatic heterocycles. The molecule has 2 aromatic rings. The summed E-state index contributed by atoms with van der Waals surface area (Å²) < 4.78 is 50.9. The van der Waals surface area contributed by atoms with Crippen molar-refractivity contribution >= 4 is 54.1 Å². The van der Waals surface area contributed by atoms with E-state index >= 15 is 0 Å². The molecule has 0 radical (unpaired) electrons. The molecule has 0 atom stereocenters. The molecule has 1 amide bonds. The van der Waals surface area contributed by atoms with Gasteiger partial charge in [0.25, 0.3) is 15.3 Å². The highest BCUT2D eigenvalue weighted by Crippen LogP contribution is 2.28. The van der Waals surface area contributed by atoms with Gasteiger partial charge >= 0.3 is 0 Å². The second-order valence-corrected chi connectivity index (χ2v) is 10.9. The molecule has 7 nitrogen and oxygen atoms in total. The van der Waals surface area contributed by atoms with Gasteiger partial charge in [-0.2, -0.15) is 0 Å². The Morgan fingerprint density at radius 3 is 2.15 bits per heavy atom. The molecule has 0 heterocycles. The van der Waals surface area contributed by atoms with E-state index in [0.29, 0.717) is 4.90 Å². The summed E-state index contributed by atoms with van der Waals surface area (Å²) in [6, 6.07) is 9.66. The first-order chi connectivity index (χ1) is 12.4. The molecule has 1 N–H and O–H groups in total. The molecule has 0 bridgehead atoms. The average Bonchev–Trinajstić information content (AvgIpc) is 2.55. The third-order valence-corrected chi connectivity index (χ3v) is 7.32. The van der Waals surface area contributed by atoms with Gasteiger partial charge in [-0.15, -0.1) is 0 Å². The Kier molecular flexibility index (Phi) is 6.46. The summed E-state index contributed by atoms with van der Waals surface area (Å²) in [5, 5.41) is -0.258. The molecule has 27 heavy (non-hydrogen) atoms. The second-order valence-electron chi connectivity index (χ2n) is 5.76. The van der Waals surface area contributed by atoms with Crippen molar-refractivity contribution in [2.24, 2.45) is 0 Å². The van der Waals surface area contributed by atoms with Gasteiger partial charge in [-0.25, -0.2) is 16.8 Å². The number of rotatable bonds is 5. The third kappa shape index (κ3) is 5.61. The van der Waals surface area contributed by atoms with Crippen LogP contribution in [0.4, 0.5) is 10.5 Å². The largest absolute Gasteiger partial charge is 0.339 e. The number of nitrogens with one attached hydrogen (secondary N) is 1. The van der Waals surface area contributed by atoms with Crippen LogP contribution >= 0.6 is 23.4 Å². The van der Waals surface area contributed by atoms with E-state index in [1.54, 1.807) is 26.2 Å². The fourth-order valence-corrected chi connectivity index (χ4v) is 4.88. The van der Waals surface area contributed by atoms with Crippen LogP contribution < -0.4 is 4.72 Å². The third-order valence-electron chi connectivity index (χ3n) is 3.30. The van der Waals surface area contributed by atoms with Crippen molar-refractivity contribution in [1.82, 2.24) is 4.90 Å². The minimum atomic E-state index is -4.10. The molecule has 0 spiro atoms. The Bertz CT molecular complexity index is 1070. The lowest BCUT2D eigenvalue weighted by Gasteiger charge is -2.12. The number of thioether (sulfide) groups is 1. The molecule has 146 valence electrons. The quantitative estimate of drug-likeness (QED) is 0.704. The predicted molar refractivity (Wildman–Crippen MR) is 107 cm³/mol. The molecule has 0 saturated carbocycles. The highest BCUT2D eigenvalue weighted by molar-refractivity contribution is 8.13. The number of nitrogens with zero attached hydrogens (tertiary/aromatic N) is 1. The first-order valence-electron chi connectivity index (χ1n) is 7.42. The van der Waals surface area contributed by atoms with Crippen molar-refractivity contribution in [1.29, 1.82) is 0 Å². The number of hydrogen-bond donors (Lipinski definition) is 1. The predicted octanol–water partition coefficient (Wildman–Crippen LogP) is 3.32. The van der Waals surface area contributed by atoms with E-state index in [-0.39, 0.29) is 25.7 Å². The smallest absolute Gasteiger partial charge is 0.285 e. The molecule has 11 heteroatoms. The van der Waals surface area contributed by atoms with Crippen LogP contribution in [0.1, 0.15) is 0 Å². The van der Waals surface area contributed by atoms with Crippen LogP contribution in [0.5, 0.6) is 0 Å². The maximum absolute atomic E-state index is 12.6. The number of halogens is 1. The first-order valence-corrected chi connectivity index (χ1v) is 12.0. The van der Waals surface area contributed by atoms with Gasteiger partial charge in [0.2, 0.25) is 0 Å². The first kappa shape index (κ1) is 21.5. The fraction of sp³-hybridized carbons (Fsp3) is 0.188. The summed E-state index contributed by atoms with van der Waals surface area (Å²) in [6.45, 7) is 0. The van der Waals surface area contributed by atoms with E-state index < -0.39 is 19.9 Å². The number of sulfone groups is 1. The molecule has 0 aliphatic heterocycles.